The van der Waals surface area contributed by atoms with Gasteiger partial charge in [0.15, 0.2) is 0 Å². The van der Waals surface area contributed by atoms with Gasteiger partial charge in [0, 0.05) is 47.0 Å². The minimum atomic E-state index is -3.45. The number of sulfonamides is 1. The molecular formula is C13H17Br3N2O2S. The average Bonchev–Trinajstić information content (AvgIpc) is 2.43. The summed E-state index contributed by atoms with van der Waals surface area (Å²) in [5, 5.41) is 0.913. The molecule has 21 heavy (non-hydrogen) atoms. The van der Waals surface area contributed by atoms with E-state index in [0.717, 1.165) is 35.0 Å². The number of piperazine rings is 1. The lowest BCUT2D eigenvalue weighted by Crippen LogP contribution is -2.49. The first kappa shape index (κ1) is 17.9. The topological polar surface area (TPSA) is 40.6 Å². The Labute approximate surface area is 151 Å². The summed E-state index contributed by atoms with van der Waals surface area (Å²) in [4.78, 5) is 2.59. The van der Waals surface area contributed by atoms with Crippen molar-refractivity contribution in [1.29, 1.82) is 0 Å². The minimum Gasteiger partial charge on any atom is -0.300 e. The zero-order valence-corrected chi connectivity index (χ0v) is 17.2. The second-order valence-electron chi connectivity index (χ2n) is 4.97. The molecule has 1 aliphatic heterocycles. The van der Waals surface area contributed by atoms with E-state index in [9.17, 15) is 8.42 Å². The monoisotopic (exact) mass is 502 g/mol. The summed E-state index contributed by atoms with van der Waals surface area (Å²) >= 11 is 10.2. The van der Waals surface area contributed by atoms with Crippen LogP contribution in [-0.4, -0.2) is 55.7 Å². The van der Waals surface area contributed by atoms with Crippen molar-refractivity contribution in [3.63, 3.8) is 0 Å². The fourth-order valence-corrected chi connectivity index (χ4v) is 5.84. The summed E-state index contributed by atoms with van der Waals surface area (Å²) in [5.41, 5.74) is 1.00. The molecule has 0 aliphatic carbocycles. The maximum absolute atomic E-state index is 12.8. The van der Waals surface area contributed by atoms with E-state index in [1.807, 2.05) is 13.0 Å². The van der Waals surface area contributed by atoms with Crippen LogP contribution < -0.4 is 0 Å². The summed E-state index contributed by atoms with van der Waals surface area (Å²) in [6.07, 6.45) is 0. The summed E-state index contributed by atoms with van der Waals surface area (Å²) in [7, 11) is -3.45. The second-order valence-corrected chi connectivity index (χ2v) is 9.37. The molecule has 118 valence electrons. The van der Waals surface area contributed by atoms with Gasteiger partial charge in [0.1, 0.15) is 0 Å². The number of aryl methyl sites for hydroxylation is 1. The van der Waals surface area contributed by atoms with Gasteiger partial charge in [0.2, 0.25) is 10.0 Å². The van der Waals surface area contributed by atoms with E-state index in [0.29, 0.717) is 22.5 Å². The van der Waals surface area contributed by atoms with Gasteiger partial charge in [-0.2, -0.15) is 4.31 Å². The zero-order valence-electron chi connectivity index (χ0n) is 11.7. The number of benzene rings is 1. The lowest BCUT2D eigenvalue weighted by molar-refractivity contribution is 0.198. The fourth-order valence-electron chi connectivity index (χ4n) is 2.28. The van der Waals surface area contributed by atoms with Crippen LogP contribution in [0.4, 0.5) is 0 Å². The van der Waals surface area contributed by atoms with Crippen molar-refractivity contribution in [3.05, 3.63) is 26.6 Å². The van der Waals surface area contributed by atoms with Crippen molar-refractivity contribution in [2.75, 3.05) is 38.1 Å². The van der Waals surface area contributed by atoms with Crippen molar-refractivity contribution in [2.24, 2.45) is 0 Å². The van der Waals surface area contributed by atoms with Crippen molar-refractivity contribution in [3.8, 4) is 0 Å². The third kappa shape index (κ3) is 4.09. The first-order valence-corrected chi connectivity index (χ1v) is 10.7. The van der Waals surface area contributed by atoms with Crippen LogP contribution in [0.15, 0.2) is 26.0 Å². The predicted octanol–water partition coefficient (Wildman–Crippen LogP) is 3.22. The van der Waals surface area contributed by atoms with E-state index in [1.165, 1.54) is 0 Å². The Kier molecular flexibility index (Phi) is 6.30. The molecule has 0 aromatic heterocycles. The molecular weight excluding hydrogens is 488 g/mol. The number of hydrogen-bond acceptors (Lipinski definition) is 3. The average molecular weight is 505 g/mol. The van der Waals surface area contributed by atoms with Gasteiger partial charge in [-0.15, -0.1) is 0 Å². The molecule has 0 spiro atoms. The smallest absolute Gasteiger partial charge is 0.244 e. The van der Waals surface area contributed by atoms with Gasteiger partial charge in [0.25, 0.3) is 0 Å². The largest absolute Gasteiger partial charge is 0.300 e. The molecule has 0 saturated carbocycles. The SMILES string of the molecule is Cc1cc(Br)c(S(=O)(=O)N2CCN(CCBr)CC2)cc1Br. The standard InChI is InChI=1S/C13H17Br3N2O2S/c1-10-8-12(16)13(9-11(10)15)21(19,20)18-6-4-17(3-2-14)5-7-18/h8-9H,2-7H2,1H3. The Morgan fingerprint density at radius 2 is 1.71 bits per heavy atom. The molecule has 0 radical (unpaired) electrons. The Bertz CT molecular complexity index is 614. The van der Waals surface area contributed by atoms with Crippen molar-refractivity contribution in [1.82, 2.24) is 9.21 Å². The fraction of sp³-hybridized carbons (Fsp3) is 0.538. The zero-order chi connectivity index (χ0) is 15.6. The van der Waals surface area contributed by atoms with Gasteiger partial charge < -0.3 is 0 Å². The molecule has 1 aromatic carbocycles. The molecule has 0 unspecified atom stereocenters. The number of nitrogens with zero attached hydrogens (tertiary/aromatic N) is 2. The van der Waals surface area contributed by atoms with Gasteiger partial charge in [-0.05, 0) is 40.5 Å². The van der Waals surface area contributed by atoms with E-state index in [1.54, 1.807) is 10.4 Å². The highest BCUT2D eigenvalue weighted by Crippen LogP contribution is 2.31. The molecule has 2 rings (SSSR count). The summed E-state index contributed by atoms with van der Waals surface area (Å²) < 4.78 is 28.6. The number of hydrogen-bond donors (Lipinski definition) is 0. The van der Waals surface area contributed by atoms with Crippen molar-refractivity contribution >= 4 is 57.8 Å². The van der Waals surface area contributed by atoms with Crippen LogP contribution in [0, 0.1) is 6.92 Å². The van der Waals surface area contributed by atoms with Gasteiger partial charge >= 0.3 is 0 Å². The van der Waals surface area contributed by atoms with Crippen molar-refractivity contribution < 1.29 is 8.42 Å². The molecule has 1 aromatic rings. The second kappa shape index (κ2) is 7.40. The first-order valence-electron chi connectivity index (χ1n) is 6.60. The van der Waals surface area contributed by atoms with Crippen LogP contribution in [0.5, 0.6) is 0 Å². The van der Waals surface area contributed by atoms with E-state index in [-0.39, 0.29) is 0 Å². The molecule has 0 bridgehead atoms. The lowest BCUT2D eigenvalue weighted by atomic mass is 10.2. The lowest BCUT2D eigenvalue weighted by Gasteiger charge is -2.33. The maximum atomic E-state index is 12.8. The maximum Gasteiger partial charge on any atom is 0.244 e. The van der Waals surface area contributed by atoms with Gasteiger partial charge in [-0.25, -0.2) is 8.42 Å². The highest BCUT2D eigenvalue weighted by molar-refractivity contribution is 9.11. The Balaban J connectivity index is 2.22. The van der Waals surface area contributed by atoms with Crippen LogP contribution in [-0.2, 0) is 10.0 Å². The molecule has 1 saturated heterocycles. The van der Waals surface area contributed by atoms with Gasteiger partial charge in [-0.3, -0.25) is 4.90 Å². The molecule has 8 heteroatoms. The van der Waals surface area contributed by atoms with Crippen molar-refractivity contribution in [2.45, 2.75) is 11.8 Å². The molecule has 0 amide bonds. The number of rotatable bonds is 4. The molecule has 1 heterocycles. The first-order chi connectivity index (χ1) is 9.86. The van der Waals surface area contributed by atoms with E-state index in [2.05, 4.69) is 52.7 Å². The van der Waals surface area contributed by atoms with Gasteiger partial charge in [-0.1, -0.05) is 31.9 Å². The number of alkyl halides is 1. The molecule has 4 nitrogen and oxygen atoms in total. The van der Waals surface area contributed by atoms with Crippen LogP contribution in [0.25, 0.3) is 0 Å². The summed E-state index contributed by atoms with van der Waals surface area (Å²) in [6.45, 7) is 5.50. The Morgan fingerprint density at radius 1 is 1.10 bits per heavy atom. The van der Waals surface area contributed by atoms with E-state index < -0.39 is 10.0 Å². The van der Waals surface area contributed by atoms with Crippen LogP contribution in [0.1, 0.15) is 5.56 Å². The highest BCUT2D eigenvalue weighted by Gasteiger charge is 2.30. The molecule has 1 aliphatic rings. The van der Waals surface area contributed by atoms with Gasteiger partial charge in [0.05, 0.1) is 4.90 Å². The Morgan fingerprint density at radius 3 is 2.29 bits per heavy atom. The normalized spacial score (nSPS) is 18.1. The van der Waals surface area contributed by atoms with Crippen LogP contribution in [0.2, 0.25) is 0 Å². The molecule has 0 N–H and O–H groups in total. The Hall–Kier alpha value is 0.530. The van der Waals surface area contributed by atoms with E-state index in [4.69, 9.17) is 0 Å². The highest BCUT2D eigenvalue weighted by atomic mass is 79.9. The summed E-state index contributed by atoms with van der Waals surface area (Å²) in [5.74, 6) is 0. The van der Waals surface area contributed by atoms with E-state index >= 15 is 0 Å². The molecule has 0 atom stereocenters. The van der Waals surface area contributed by atoms with Crippen LogP contribution >= 0.6 is 47.8 Å². The summed E-state index contributed by atoms with van der Waals surface area (Å²) in [6, 6.07) is 3.51. The van der Waals surface area contributed by atoms with Crippen LogP contribution in [0.3, 0.4) is 0 Å². The number of halogens is 3. The predicted molar refractivity (Wildman–Crippen MR) is 95.6 cm³/mol. The quantitative estimate of drug-likeness (QED) is 0.591. The third-order valence-corrected chi connectivity index (χ3v) is 7.63. The molecule has 1 fully saturated rings. The third-order valence-electron chi connectivity index (χ3n) is 3.56. The minimum absolute atomic E-state index is 0.328.